The standard InChI is InChI=1S/C23H36ClF3N4O4/c24-18-5-3-17(4-6-18)19-7-8-22(35)31(20(29-19)2-1-9-23(25,26)27)16-21(34)28-10-11-30(12-14-32)13-15-33/h3-5,18-19,21,28,32-34H,1-2,6-16H2. The average molecular weight is 525 g/mol. The average Bonchev–Trinajstić information content (AvgIpc) is 2.93. The molecule has 0 aromatic carbocycles. The Morgan fingerprint density at radius 1 is 1.26 bits per heavy atom. The quantitative estimate of drug-likeness (QED) is 0.204. The van der Waals surface area contributed by atoms with Crippen LogP contribution in [0.15, 0.2) is 28.8 Å². The summed E-state index contributed by atoms with van der Waals surface area (Å²) in [5.74, 6) is -0.0519. The van der Waals surface area contributed by atoms with E-state index >= 15 is 0 Å². The van der Waals surface area contributed by atoms with Gasteiger partial charge in [-0.15, -0.1) is 11.6 Å². The summed E-state index contributed by atoms with van der Waals surface area (Å²) >= 11 is 6.09. The number of hydrogen-bond acceptors (Lipinski definition) is 7. The number of nitrogens with one attached hydrogen (secondary N) is 1. The SMILES string of the molecule is O=C1CCC(C2=CCC(Cl)C=C2)N=C(CCCC(F)(F)F)N1CC(O)NCCN(CCO)CCO. The number of nitrogens with zero attached hydrogens (tertiary/aromatic N) is 3. The van der Waals surface area contributed by atoms with E-state index in [1.807, 2.05) is 23.1 Å². The van der Waals surface area contributed by atoms with Gasteiger partial charge in [-0.3, -0.25) is 24.9 Å². The molecular weight excluding hydrogens is 489 g/mol. The number of aliphatic imine (C=N–C) groups is 1. The number of carbonyl (C=O) groups is 1. The highest BCUT2D eigenvalue weighted by Crippen LogP contribution is 2.27. The molecule has 3 atom stereocenters. The lowest BCUT2D eigenvalue weighted by Gasteiger charge is -2.27. The van der Waals surface area contributed by atoms with Crippen LogP contribution in [0.1, 0.15) is 38.5 Å². The molecule has 0 saturated carbocycles. The summed E-state index contributed by atoms with van der Waals surface area (Å²) in [5.41, 5.74) is 0.886. The minimum absolute atomic E-state index is 0.0373. The van der Waals surface area contributed by atoms with Crippen LogP contribution in [0.2, 0.25) is 0 Å². The minimum atomic E-state index is -4.31. The highest BCUT2D eigenvalue weighted by molar-refractivity contribution is 6.22. The first kappa shape index (κ1) is 29.7. The third kappa shape index (κ3) is 11.0. The molecule has 0 spiro atoms. The summed E-state index contributed by atoms with van der Waals surface area (Å²) in [5, 5.41) is 31.4. The van der Waals surface area contributed by atoms with Gasteiger partial charge in [-0.2, -0.15) is 13.2 Å². The second-order valence-electron chi connectivity index (χ2n) is 8.65. The lowest BCUT2D eigenvalue weighted by molar-refractivity contribution is -0.135. The van der Waals surface area contributed by atoms with Crippen molar-refractivity contribution in [2.24, 2.45) is 4.99 Å². The molecule has 1 aliphatic heterocycles. The van der Waals surface area contributed by atoms with Crippen molar-refractivity contribution in [3.8, 4) is 0 Å². The maximum atomic E-state index is 12.9. The molecule has 1 heterocycles. The van der Waals surface area contributed by atoms with Crippen LogP contribution < -0.4 is 5.32 Å². The van der Waals surface area contributed by atoms with Crippen molar-refractivity contribution in [3.63, 3.8) is 0 Å². The summed E-state index contributed by atoms with van der Waals surface area (Å²) in [7, 11) is 0. The molecule has 1 amide bonds. The Kier molecular flexibility index (Phi) is 12.7. The van der Waals surface area contributed by atoms with Crippen molar-refractivity contribution in [2.75, 3.05) is 45.9 Å². The molecule has 4 N–H and O–H groups in total. The van der Waals surface area contributed by atoms with Gasteiger partial charge in [0.05, 0.1) is 31.2 Å². The number of aliphatic hydroxyl groups is 3. The molecule has 0 aromatic rings. The van der Waals surface area contributed by atoms with Gasteiger partial charge in [0, 0.05) is 45.4 Å². The fourth-order valence-electron chi connectivity index (χ4n) is 4.05. The van der Waals surface area contributed by atoms with Crippen molar-refractivity contribution >= 4 is 23.3 Å². The molecule has 8 nitrogen and oxygen atoms in total. The molecule has 0 saturated heterocycles. The number of halogens is 4. The van der Waals surface area contributed by atoms with Gasteiger partial charge >= 0.3 is 6.18 Å². The van der Waals surface area contributed by atoms with Gasteiger partial charge in [0.1, 0.15) is 12.1 Å². The van der Waals surface area contributed by atoms with Gasteiger partial charge in [0.2, 0.25) is 5.91 Å². The summed E-state index contributed by atoms with van der Waals surface area (Å²) < 4.78 is 38.3. The maximum absolute atomic E-state index is 12.9. The van der Waals surface area contributed by atoms with Crippen molar-refractivity contribution in [1.82, 2.24) is 15.1 Å². The number of carbonyl (C=O) groups excluding carboxylic acids is 1. The monoisotopic (exact) mass is 524 g/mol. The molecule has 3 unspecified atom stereocenters. The summed E-state index contributed by atoms with van der Waals surface area (Å²) in [6, 6.07) is -0.360. The van der Waals surface area contributed by atoms with E-state index in [-0.39, 0.29) is 62.2 Å². The van der Waals surface area contributed by atoms with Crippen LogP contribution in [0.5, 0.6) is 0 Å². The van der Waals surface area contributed by atoms with Crippen LogP contribution in [-0.4, -0.2) is 107 Å². The maximum Gasteiger partial charge on any atom is 0.389 e. The molecule has 1 aliphatic carbocycles. The molecule has 0 radical (unpaired) electrons. The molecule has 0 bridgehead atoms. The largest absolute Gasteiger partial charge is 0.395 e. The first-order valence-corrected chi connectivity index (χ1v) is 12.4. The second kappa shape index (κ2) is 14.9. The Morgan fingerprint density at radius 2 is 1.97 bits per heavy atom. The van der Waals surface area contributed by atoms with Gasteiger partial charge in [-0.1, -0.05) is 18.2 Å². The topological polar surface area (TPSA) is 109 Å². The van der Waals surface area contributed by atoms with E-state index in [0.717, 1.165) is 5.57 Å². The number of rotatable bonds is 14. The van der Waals surface area contributed by atoms with Crippen molar-refractivity contribution in [1.29, 1.82) is 0 Å². The molecule has 200 valence electrons. The molecule has 2 aliphatic rings. The highest BCUT2D eigenvalue weighted by Gasteiger charge is 2.31. The van der Waals surface area contributed by atoms with E-state index in [9.17, 15) is 23.1 Å². The van der Waals surface area contributed by atoms with Crippen molar-refractivity contribution < 1.29 is 33.3 Å². The molecule has 0 aromatic heterocycles. The lowest BCUT2D eigenvalue weighted by atomic mass is 9.97. The number of hydrogen-bond donors (Lipinski definition) is 4. The first-order valence-electron chi connectivity index (χ1n) is 11.9. The van der Waals surface area contributed by atoms with Gasteiger partial charge in [-0.05, 0) is 24.8 Å². The minimum Gasteiger partial charge on any atom is -0.395 e. The third-order valence-electron chi connectivity index (χ3n) is 5.87. The molecule has 0 fully saturated rings. The van der Waals surface area contributed by atoms with Gasteiger partial charge in [-0.25, -0.2) is 0 Å². The zero-order chi connectivity index (χ0) is 25.8. The normalized spacial score (nSPS) is 22.3. The van der Waals surface area contributed by atoms with E-state index in [0.29, 0.717) is 39.0 Å². The summed E-state index contributed by atoms with van der Waals surface area (Å²) in [6.07, 6.45) is 0.159. The van der Waals surface area contributed by atoms with Crippen LogP contribution >= 0.6 is 11.6 Å². The zero-order valence-electron chi connectivity index (χ0n) is 19.8. The lowest BCUT2D eigenvalue weighted by Crippen LogP contribution is -2.48. The van der Waals surface area contributed by atoms with Gasteiger partial charge < -0.3 is 15.3 Å². The Morgan fingerprint density at radius 3 is 2.57 bits per heavy atom. The Balaban J connectivity index is 2.08. The fourth-order valence-corrected chi connectivity index (χ4v) is 4.21. The Labute approximate surface area is 209 Å². The number of aliphatic hydroxyl groups excluding tert-OH is 3. The van der Waals surface area contributed by atoms with Gasteiger partial charge in [0.25, 0.3) is 0 Å². The van der Waals surface area contributed by atoms with Crippen LogP contribution in [-0.2, 0) is 4.79 Å². The van der Waals surface area contributed by atoms with E-state index in [1.54, 1.807) is 0 Å². The van der Waals surface area contributed by atoms with Crippen molar-refractivity contribution in [2.45, 2.75) is 62.3 Å². The van der Waals surface area contributed by atoms with E-state index in [1.165, 1.54) is 4.90 Å². The molecular formula is C23H36ClF3N4O4. The Bertz CT molecular complexity index is 758. The number of amides is 1. The van der Waals surface area contributed by atoms with Crippen LogP contribution in [0, 0.1) is 0 Å². The van der Waals surface area contributed by atoms with E-state index < -0.39 is 18.8 Å². The summed E-state index contributed by atoms with van der Waals surface area (Å²) in [4.78, 5) is 20.7. The smallest absolute Gasteiger partial charge is 0.389 e. The number of allylic oxidation sites excluding steroid dienone is 2. The van der Waals surface area contributed by atoms with E-state index in [2.05, 4.69) is 10.3 Å². The van der Waals surface area contributed by atoms with Gasteiger partial charge in [0.15, 0.2) is 0 Å². The molecule has 12 heteroatoms. The molecule has 2 rings (SSSR count). The first-order chi connectivity index (χ1) is 16.6. The highest BCUT2D eigenvalue weighted by atomic mass is 35.5. The van der Waals surface area contributed by atoms with Crippen LogP contribution in [0.25, 0.3) is 0 Å². The number of alkyl halides is 4. The molecule has 35 heavy (non-hydrogen) atoms. The van der Waals surface area contributed by atoms with Crippen LogP contribution in [0.3, 0.4) is 0 Å². The zero-order valence-corrected chi connectivity index (χ0v) is 20.5. The number of amidine groups is 1. The summed E-state index contributed by atoms with van der Waals surface area (Å²) in [6.45, 7) is 1.23. The van der Waals surface area contributed by atoms with E-state index in [4.69, 9.17) is 21.8 Å². The predicted octanol–water partition coefficient (Wildman–Crippen LogP) is 1.80. The fraction of sp³-hybridized carbons (Fsp3) is 0.739. The predicted molar refractivity (Wildman–Crippen MR) is 128 cm³/mol. The second-order valence-corrected chi connectivity index (χ2v) is 9.21. The van der Waals surface area contributed by atoms with Crippen molar-refractivity contribution in [3.05, 3.63) is 23.8 Å². The third-order valence-corrected chi connectivity index (χ3v) is 6.19. The number of β-amino-alcohol motifs (C(OH)–C–C–N with tert-alkyl or cyclic N) is 1. The Hall–Kier alpha value is -1.50. The van der Waals surface area contributed by atoms with Crippen LogP contribution in [0.4, 0.5) is 13.2 Å².